The first-order valence-corrected chi connectivity index (χ1v) is 8.43. The molecule has 2 atom stereocenters. The van der Waals surface area contributed by atoms with E-state index in [1.807, 2.05) is 0 Å². The fourth-order valence-corrected chi connectivity index (χ4v) is 2.41. The van der Waals surface area contributed by atoms with Crippen LogP contribution in [0.5, 0.6) is 0 Å². The first kappa shape index (κ1) is 19.4. The van der Waals surface area contributed by atoms with Crippen molar-refractivity contribution in [3.8, 4) is 0 Å². The minimum Gasteiger partial charge on any atom is -0.462 e. The van der Waals surface area contributed by atoms with Crippen LogP contribution in [0.15, 0.2) is 0 Å². The van der Waals surface area contributed by atoms with Crippen LogP contribution in [0.25, 0.3) is 0 Å². The topological polar surface area (TPSA) is 99.5 Å². The Hall–Kier alpha value is -0.690. The largest absolute Gasteiger partial charge is 0.462 e. The van der Waals surface area contributed by atoms with Gasteiger partial charge in [-0.2, -0.15) is 0 Å². The Morgan fingerprint density at radius 1 is 0.955 bits per heavy atom. The van der Waals surface area contributed by atoms with E-state index in [0.717, 1.165) is 19.3 Å². The van der Waals surface area contributed by atoms with E-state index in [-0.39, 0.29) is 6.61 Å². The first-order valence-electron chi connectivity index (χ1n) is 8.43. The predicted octanol–water partition coefficient (Wildman–Crippen LogP) is 1.85. The molecular weight excluding hydrogens is 288 g/mol. The van der Waals surface area contributed by atoms with E-state index < -0.39 is 24.2 Å². The van der Waals surface area contributed by atoms with Crippen LogP contribution in [0.3, 0.4) is 0 Å². The van der Waals surface area contributed by atoms with Gasteiger partial charge in [0.2, 0.25) is 0 Å². The van der Waals surface area contributed by atoms with Gasteiger partial charge in [-0.05, 0) is 6.42 Å². The smallest absolute Gasteiger partial charge is 0.372 e. The minimum atomic E-state index is -2.40. The molecule has 3 N–H and O–H groups in total. The molecule has 130 valence electrons. The fraction of sp³-hybridized carbons (Fsp3) is 0.938. The van der Waals surface area contributed by atoms with Gasteiger partial charge in [-0.3, -0.25) is 4.74 Å². The molecule has 0 aromatic heterocycles. The molecule has 0 radical (unpaired) electrons. The first-order chi connectivity index (χ1) is 10.5. The standard InChI is InChI=1S/C16H30O6/c1-2-3-4-5-6-7-8-9-10-11-12-21-14(18)16(20)15(19,13-17)22-16/h17,19-20H,2-13H2,1H3. The Morgan fingerprint density at radius 3 is 1.91 bits per heavy atom. The van der Waals surface area contributed by atoms with E-state index in [2.05, 4.69) is 11.7 Å². The van der Waals surface area contributed by atoms with Crippen molar-refractivity contribution in [3.63, 3.8) is 0 Å². The molecule has 6 heteroatoms. The van der Waals surface area contributed by atoms with E-state index >= 15 is 0 Å². The van der Waals surface area contributed by atoms with Crippen molar-refractivity contribution in [1.29, 1.82) is 0 Å². The second kappa shape index (κ2) is 9.45. The van der Waals surface area contributed by atoms with E-state index in [0.29, 0.717) is 0 Å². The molecule has 22 heavy (non-hydrogen) atoms. The number of ether oxygens (including phenoxy) is 2. The highest BCUT2D eigenvalue weighted by molar-refractivity contribution is 5.82. The summed E-state index contributed by atoms with van der Waals surface area (Å²) in [6.07, 6.45) is 11.8. The van der Waals surface area contributed by atoms with Crippen LogP contribution in [0, 0.1) is 0 Å². The van der Waals surface area contributed by atoms with Crippen molar-refractivity contribution in [1.82, 2.24) is 0 Å². The summed E-state index contributed by atoms with van der Waals surface area (Å²) in [6.45, 7) is 1.55. The maximum Gasteiger partial charge on any atom is 0.372 e. The maximum absolute atomic E-state index is 11.5. The van der Waals surface area contributed by atoms with Gasteiger partial charge in [0.05, 0.1) is 6.61 Å². The maximum atomic E-state index is 11.5. The molecule has 0 aromatic carbocycles. The van der Waals surface area contributed by atoms with Crippen LogP contribution < -0.4 is 0 Å². The highest BCUT2D eigenvalue weighted by Crippen LogP contribution is 2.44. The van der Waals surface area contributed by atoms with Crippen molar-refractivity contribution in [2.75, 3.05) is 13.2 Å². The number of carbonyl (C=O) groups excluding carboxylic acids is 1. The van der Waals surface area contributed by atoms with Crippen molar-refractivity contribution >= 4 is 5.97 Å². The fourth-order valence-electron chi connectivity index (χ4n) is 2.41. The summed E-state index contributed by atoms with van der Waals surface area (Å²) < 4.78 is 9.29. The van der Waals surface area contributed by atoms with Gasteiger partial charge in [-0.25, -0.2) is 4.79 Å². The van der Waals surface area contributed by atoms with Crippen LogP contribution in [-0.4, -0.2) is 46.1 Å². The van der Waals surface area contributed by atoms with E-state index in [1.54, 1.807) is 0 Å². The number of carbonyl (C=O) groups is 1. The Balaban J connectivity index is 1.91. The molecule has 2 unspecified atom stereocenters. The van der Waals surface area contributed by atoms with Gasteiger partial charge in [0.15, 0.2) is 0 Å². The third kappa shape index (κ3) is 5.50. The van der Waals surface area contributed by atoms with E-state index in [1.165, 1.54) is 44.9 Å². The minimum absolute atomic E-state index is 0.183. The lowest BCUT2D eigenvalue weighted by Gasteiger charge is -2.08. The zero-order valence-corrected chi connectivity index (χ0v) is 13.6. The molecule has 1 aliphatic heterocycles. The Bertz CT molecular complexity index is 335. The molecule has 0 spiro atoms. The second-order valence-corrected chi connectivity index (χ2v) is 6.01. The van der Waals surface area contributed by atoms with Crippen molar-refractivity contribution < 1.29 is 29.6 Å². The molecule has 1 rings (SSSR count). The summed E-state index contributed by atoms with van der Waals surface area (Å²) >= 11 is 0. The highest BCUT2D eigenvalue weighted by atomic mass is 16.9. The second-order valence-electron chi connectivity index (χ2n) is 6.01. The van der Waals surface area contributed by atoms with Crippen LogP contribution in [0.1, 0.15) is 71.1 Å². The number of epoxide rings is 1. The number of esters is 1. The molecule has 1 fully saturated rings. The van der Waals surface area contributed by atoms with Gasteiger partial charge in [0.1, 0.15) is 6.61 Å². The molecular formula is C16H30O6. The molecule has 0 aromatic rings. The molecule has 6 nitrogen and oxygen atoms in total. The third-order valence-electron chi connectivity index (χ3n) is 4.03. The number of aliphatic hydroxyl groups excluding tert-OH is 1. The lowest BCUT2D eigenvalue weighted by atomic mass is 10.1. The van der Waals surface area contributed by atoms with Gasteiger partial charge in [0.25, 0.3) is 5.79 Å². The summed E-state index contributed by atoms with van der Waals surface area (Å²) in [6, 6.07) is 0. The van der Waals surface area contributed by atoms with Crippen molar-refractivity contribution in [2.45, 2.75) is 82.7 Å². The predicted molar refractivity (Wildman–Crippen MR) is 80.9 cm³/mol. The zero-order valence-electron chi connectivity index (χ0n) is 13.6. The number of unbranched alkanes of at least 4 members (excludes halogenated alkanes) is 9. The molecule has 0 saturated carbocycles. The van der Waals surface area contributed by atoms with Gasteiger partial charge < -0.3 is 20.1 Å². The molecule has 0 amide bonds. The summed E-state index contributed by atoms with van der Waals surface area (Å²) in [5.41, 5.74) is 0. The Labute approximate surface area is 132 Å². The quantitative estimate of drug-likeness (QED) is 0.272. The molecule has 0 bridgehead atoms. The Morgan fingerprint density at radius 2 is 1.45 bits per heavy atom. The summed E-state index contributed by atoms with van der Waals surface area (Å²) in [7, 11) is 0. The highest BCUT2D eigenvalue weighted by Gasteiger charge is 2.76. The zero-order chi connectivity index (χ0) is 16.5. The van der Waals surface area contributed by atoms with Gasteiger partial charge in [0, 0.05) is 0 Å². The third-order valence-corrected chi connectivity index (χ3v) is 4.03. The van der Waals surface area contributed by atoms with Crippen LogP contribution in [-0.2, 0) is 14.3 Å². The van der Waals surface area contributed by atoms with Crippen LogP contribution in [0.2, 0.25) is 0 Å². The van der Waals surface area contributed by atoms with Crippen molar-refractivity contribution in [2.24, 2.45) is 0 Å². The van der Waals surface area contributed by atoms with Gasteiger partial charge in [-0.15, -0.1) is 0 Å². The molecule has 0 aliphatic carbocycles. The van der Waals surface area contributed by atoms with E-state index in [9.17, 15) is 15.0 Å². The average molecular weight is 318 g/mol. The normalized spacial score (nSPS) is 26.9. The summed E-state index contributed by atoms with van der Waals surface area (Å²) in [5, 5.41) is 27.7. The lowest BCUT2D eigenvalue weighted by molar-refractivity contribution is -0.166. The summed E-state index contributed by atoms with van der Waals surface area (Å²) in [4.78, 5) is 11.5. The monoisotopic (exact) mass is 318 g/mol. The number of aliphatic hydroxyl groups is 3. The average Bonchev–Trinajstić information content (AvgIpc) is 3.09. The molecule has 1 heterocycles. The van der Waals surface area contributed by atoms with Gasteiger partial charge in [-0.1, -0.05) is 64.7 Å². The van der Waals surface area contributed by atoms with Crippen LogP contribution >= 0.6 is 0 Å². The molecule has 1 saturated heterocycles. The Kier molecular flexibility index (Phi) is 8.31. The van der Waals surface area contributed by atoms with E-state index in [4.69, 9.17) is 9.84 Å². The number of hydrogen-bond acceptors (Lipinski definition) is 6. The number of hydrogen-bond donors (Lipinski definition) is 3. The number of rotatable bonds is 13. The SMILES string of the molecule is CCCCCCCCCCCCOC(=O)C1(O)OC1(O)CO. The summed E-state index contributed by atoms with van der Waals surface area (Å²) in [5.74, 6) is -5.65. The lowest BCUT2D eigenvalue weighted by Crippen LogP contribution is -2.37. The van der Waals surface area contributed by atoms with Crippen molar-refractivity contribution in [3.05, 3.63) is 0 Å². The molecule has 1 aliphatic rings. The van der Waals surface area contributed by atoms with Crippen LogP contribution in [0.4, 0.5) is 0 Å². The van der Waals surface area contributed by atoms with Gasteiger partial charge >= 0.3 is 11.8 Å².